The van der Waals surface area contributed by atoms with Gasteiger partial charge in [-0.2, -0.15) is 0 Å². The molecule has 1 aliphatic rings. The van der Waals surface area contributed by atoms with Crippen LogP contribution in [-0.4, -0.2) is 17.5 Å². The van der Waals surface area contributed by atoms with Crippen LogP contribution in [0.3, 0.4) is 0 Å². The van der Waals surface area contributed by atoms with E-state index < -0.39 is 6.10 Å². The van der Waals surface area contributed by atoms with Gasteiger partial charge in [-0.1, -0.05) is 35.9 Å². The lowest BCUT2D eigenvalue weighted by atomic mass is 10.0. The number of fused-ring (bicyclic) bond motifs is 1. The molecule has 0 saturated heterocycles. The summed E-state index contributed by atoms with van der Waals surface area (Å²) in [4.78, 5) is 1.35. The molecule has 0 aromatic heterocycles. The molecule has 4 heteroatoms. The minimum absolute atomic E-state index is 0.402. The average molecular weight is 321 g/mol. The molecular formula is C17H17ClO2S. The largest absolute Gasteiger partial charge is 0.491 e. The summed E-state index contributed by atoms with van der Waals surface area (Å²) < 4.78 is 5.89. The number of aliphatic hydroxyl groups excluding tert-OH is 1. The summed E-state index contributed by atoms with van der Waals surface area (Å²) in [5, 5.41) is 10.1. The maximum Gasteiger partial charge on any atom is 0.137 e. The topological polar surface area (TPSA) is 29.5 Å². The average Bonchev–Trinajstić information content (AvgIpc) is 2.89. The Balaban J connectivity index is 1.69. The number of ether oxygens (including phenoxy) is 1. The molecule has 0 amide bonds. The predicted octanol–water partition coefficient (Wildman–Crippen LogP) is 4.66. The lowest BCUT2D eigenvalue weighted by Gasteiger charge is -2.14. The molecule has 2 aromatic carbocycles. The van der Waals surface area contributed by atoms with Crippen molar-refractivity contribution in [1.82, 2.24) is 0 Å². The third-order valence-corrected chi connectivity index (χ3v) is 5.22. The van der Waals surface area contributed by atoms with Crippen LogP contribution < -0.4 is 4.74 Å². The Morgan fingerprint density at radius 2 is 2.14 bits per heavy atom. The van der Waals surface area contributed by atoms with E-state index in [-0.39, 0.29) is 0 Å². The van der Waals surface area contributed by atoms with Gasteiger partial charge in [0.25, 0.3) is 0 Å². The number of benzene rings is 2. The lowest BCUT2D eigenvalue weighted by Crippen LogP contribution is -2.10. The number of hydrogen-bond donors (Lipinski definition) is 1. The van der Waals surface area contributed by atoms with Gasteiger partial charge in [0, 0.05) is 16.6 Å². The number of rotatable bonds is 4. The number of halogens is 1. The van der Waals surface area contributed by atoms with Crippen molar-refractivity contribution in [1.29, 1.82) is 0 Å². The Morgan fingerprint density at radius 1 is 1.33 bits per heavy atom. The van der Waals surface area contributed by atoms with E-state index in [1.807, 2.05) is 23.9 Å². The normalized spacial score (nSPS) is 18.3. The van der Waals surface area contributed by atoms with Gasteiger partial charge < -0.3 is 9.84 Å². The maximum absolute atomic E-state index is 9.55. The zero-order chi connectivity index (χ0) is 14.8. The van der Waals surface area contributed by atoms with Gasteiger partial charge in [-0.25, -0.2) is 0 Å². The molecule has 1 heterocycles. The van der Waals surface area contributed by atoms with Crippen LogP contribution in [-0.2, 0) is 0 Å². The molecule has 0 bridgehead atoms. The molecule has 1 unspecified atom stereocenters. The van der Waals surface area contributed by atoms with Crippen LogP contribution in [0.5, 0.6) is 5.75 Å². The van der Waals surface area contributed by atoms with E-state index in [2.05, 4.69) is 24.3 Å². The lowest BCUT2D eigenvalue weighted by molar-refractivity contribution is 0.199. The number of aliphatic hydroxyl groups is 1. The van der Waals surface area contributed by atoms with Crippen molar-refractivity contribution in [3.05, 3.63) is 58.6 Å². The van der Waals surface area contributed by atoms with Gasteiger partial charge in [-0.3, -0.25) is 0 Å². The Bertz CT molecular complexity index is 642. The van der Waals surface area contributed by atoms with Crippen LogP contribution in [0.4, 0.5) is 0 Å². The summed E-state index contributed by atoms with van der Waals surface area (Å²) >= 11 is 8.09. The molecular weight excluding hydrogens is 304 g/mol. The van der Waals surface area contributed by atoms with Crippen molar-refractivity contribution in [2.75, 3.05) is 12.4 Å². The fourth-order valence-electron chi connectivity index (χ4n) is 2.45. The third kappa shape index (κ3) is 3.20. The molecule has 21 heavy (non-hydrogen) atoms. The number of thioether (sulfide) groups is 1. The second-order valence-corrected chi connectivity index (χ2v) is 6.69. The monoisotopic (exact) mass is 320 g/mol. The van der Waals surface area contributed by atoms with Crippen LogP contribution in [0.15, 0.2) is 47.4 Å². The van der Waals surface area contributed by atoms with E-state index in [1.54, 1.807) is 13.0 Å². The highest BCUT2D eigenvalue weighted by Gasteiger charge is 2.23. The first kappa shape index (κ1) is 14.8. The number of hydrogen-bond acceptors (Lipinski definition) is 3. The smallest absolute Gasteiger partial charge is 0.137 e. The molecule has 3 rings (SSSR count). The van der Waals surface area contributed by atoms with Gasteiger partial charge >= 0.3 is 0 Å². The van der Waals surface area contributed by atoms with E-state index in [0.29, 0.717) is 23.3 Å². The van der Waals surface area contributed by atoms with Crippen molar-refractivity contribution < 1.29 is 9.84 Å². The summed E-state index contributed by atoms with van der Waals surface area (Å²) in [5.41, 5.74) is 2.16. The van der Waals surface area contributed by atoms with E-state index >= 15 is 0 Å². The molecule has 110 valence electrons. The van der Waals surface area contributed by atoms with Crippen LogP contribution >= 0.6 is 23.4 Å². The molecule has 0 saturated carbocycles. The molecule has 0 spiro atoms. The first-order valence-electron chi connectivity index (χ1n) is 6.97. The molecule has 1 aliphatic heterocycles. The third-order valence-electron chi connectivity index (χ3n) is 3.68. The van der Waals surface area contributed by atoms with Gasteiger partial charge in [0.1, 0.15) is 5.75 Å². The second kappa shape index (κ2) is 6.30. The first-order valence-corrected chi connectivity index (χ1v) is 8.33. The van der Waals surface area contributed by atoms with Crippen molar-refractivity contribution >= 4 is 23.4 Å². The summed E-state index contributed by atoms with van der Waals surface area (Å²) in [6.07, 6.45) is -0.519. The van der Waals surface area contributed by atoms with Crippen molar-refractivity contribution in [2.24, 2.45) is 0 Å². The second-order valence-electron chi connectivity index (χ2n) is 5.22. The van der Waals surface area contributed by atoms with E-state index in [9.17, 15) is 5.11 Å². The highest BCUT2D eigenvalue weighted by Crippen LogP contribution is 2.40. The quantitative estimate of drug-likeness (QED) is 0.888. The van der Waals surface area contributed by atoms with Crippen molar-refractivity contribution in [3.8, 4) is 5.75 Å². The van der Waals surface area contributed by atoms with Gasteiger partial charge in [-0.15, -0.1) is 11.8 Å². The fraction of sp³-hybridized carbons (Fsp3) is 0.294. The minimum atomic E-state index is -0.519. The van der Waals surface area contributed by atoms with Gasteiger partial charge in [0.15, 0.2) is 0 Å². The Labute approximate surface area is 134 Å². The summed E-state index contributed by atoms with van der Waals surface area (Å²) in [5.74, 6) is 2.12. The fourth-order valence-corrected chi connectivity index (χ4v) is 3.93. The molecule has 0 radical (unpaired) electrons. The van der Waals surface area contributed by atoms with Gasteiger partial charge in [0.05, 0.1) is 17.7 Å². The van der Waals surface area contributed by atoms with E-state index in [4.69, 9.17) is 16.3 Å². The van der Waals surface area contributed by atoms with Crippen LogP contribution in [0.25, 0.3) is 0 Å². The van der Waals surface area contributed by atoms with Gasteiger partial charge in [-0.05, 0) is 36.2 Å². The predicted molar refractivity (Wildman–Crippen MR) is 87.5 cm³/mol. The Kier molecular flexibility index (Phi) is 4.43. The highest BCUT2D eigenvalue weighted by atomic mass is 35.5. The summed E-state index contributed by atoms with van der Waals surface area (Å²) in [7, 11) is 0. The van der Waals surface area contributed by atoms with E-state index in [0.717, 1.165) is 11.3 Å². The standard InChI is InChI=1S/C17H17ClO2S/c1-11(19)12-6-7-16(15(18)8-12)20-9-13-10-21-17-5-3-2-4-14(13)17/h2-8,11,13,19H,9-10H2,1H3/t11-,13?/m1/s1. The Hall–Kier alpha value is -1.16. The maximum atomic E-state index is 9.55. The summed E-state index contributed by atoms with van der Waals surface area (Å²) in [6.45, 7) is 2.34. The van der Waals surface area contributed by atoms with Gasteiger partial charge in [0.2, 0.25) is 0 Å². The van der Waals surface area contributed by atoms with Crippen LogP contribution in [0, 0.1) is 0 Å². The highest BCUT2D eigenvalue weighted by molar-refractivity contribution is 7.99. The SMILES string of the molecule is C[C@@H](O)c1ccc(OCC2CSc3ccccc32)c(Cl)c1. The van der Waals surface area contributed by atoms with Crippen LogP contribution in [0.1, 0.15) is 30.1 Å². The molecule has 2 atom stereocenters. The molecule has 0 fully saturated rings. The van der Waals surface area contributed by atoms with Crippen LogP contribution in [0.2, 0.25) is 5.02 Å². The Morgan fingerprint density at radius 3 is 2.90 bits per heavy atom. The molecule has 2 nitrogen and oxygen atoms in total. The molecule has 0 aliphatic carbocycles. The van der Waals surface area contributed by atoms with E-state index in [1.165, 1.54) is 10.5 Å². The minimum Gasteiger partial charge on any atom is -0.491 e. The van der Waals surface area contributed by atoms with Crippen molar-refractivity contribution in [3.63, 3.8) is 0 Å². The molecule has 2 aromatic rings. The zero-order valence-corrected chi connectivity index (χ0v) is 13.3. The first-order chi connectivity index (χ1) is 10.1. The zero-order valence-electron chi connectivity index (χ0n) is 11.8. The van der Waals surface area contributed by atoms with Crippen molar-refractivity contribution in [2.45, 2.75) is 23.8 Å². The summed E-state index contributed by atoms with van der Waals surface area (Å²) in [6, 6.07) is 13.9. The molecule has 1 N–H and O–H groups in total.